The molecule has 114 valence electrons. The Hall–Kier alpha value is -2.01. The van der Waals surface area contributed by atoms with Gasteiger partial charge >= 0.3 is 0 Å². The van der Waals surface area contributed by atoms with Gasteiger partial charge in [-0.25, -0.2) is 0 Å². The highest BCUT2D eigenvalue weighted by Crippen LogP contribution is 2.29. The number of carbonyl (C=O) groups is 1. The van der Waals surface area contributed by atoms with E-state index in [1.807, 2.05) is 18.2 Å². The molecule has 1 fully saturated rings. The molecule has 1 aliphatic rings. The Bertz CT molecular complexity index is 485. The highest BCUT2D eigenvalue weighted by atomic mass is 16.5. The standard InChI is InChI=1S/C16H21NO4/c1-19-14-6-3-7-15(20-2)13(14)8-9-16(18)17-11-12-5-4-10-21-12/h3,6-9,12H,4-5,10-11H2,1-2H3,(H,17,18)/b9-8+/t12-/m0/s1. The molecule has 5 nitrogen and oxygen atoms in total. The van der Waals surface area contributed by atoms with E-state index in [-0.39, 0.29) is 12.0 Å². The van der Waals surface area contributed by atoms with Crippen LogP contribution in [0.4, 0.5) is 0 Å². The molecule has 21 heavy (non-hydrogen) atoms. The van der Waals surface area contributed by atoms with E-state index in [9.17, 15) is 4.79 Å². The maximum Gasteiger partial charge on any atom is 0.244 e. The van der Waals surface area contributed by atoms with Gasteiger partial charge in [0, 0.05) is 19.2 Å². The third kappa shape index (κ3) is 4.23. The molecule has 1 aliphatic heterocycles. The van der Waals surface area contributed by atoms with Gasteiger partial charge in [-0.05, 0) is 31.1 Å². The van der Waals surface area contributed by atoms with Gasteiger partial charge in [0.05, 0.1) is 25.9 Å². The van der Waals surface area contributed by atoms with Crippen LogP contribution >= 0.6 is 0 Å². The van der Waals surface area contributed by atoms with Crippen molar-refractivity contribution in [2.75, 3.05) is 27.4 Å². The molecule has 0 spiro atoms. The van der Waals surface area contributed by atoms with Crippen molar-refractivity contribution in [2.24, 2.45) is 0 Å². The van der Waals surface area contributed by atoms with E-state index in [2.05, 4.69) is 5.32 Å². The number of methoxy groups -OCH3 is 2. The van der Waals surface area contributed by atoms with Crippen molar-refractivity contribution in [1.29, 1.82) is 0 Å². The topological polar surface area (TPSA) is 56.8 Å². The summed E-state index contributed by atoms with van der Waals surface area (Å²) in [7, 11) is 3.17. The second-order valence-electron chi connectivity index (χ2n) is 4.79. The van der Waals surface area contributed by atoms with Crippen LogP contribution in [0.15, 0.2) is 24.3 Å². The molecule has 0 aliphatic carbocycles. The molecule has 5 heteroatoms. The van der Waals surface area contributed by atoms with Crippen molar-refractivity contribution < 1.29 is 19.0 Å². The third-order valence-corrected chi connectivity index (χ3v) is 3.40. The van der Waals surface area contributed by atoms with Crippen molar-refractivity contribution in [2.45, 2.75) is 18.9 Å². The maximum absolute atomic E-state index is 11.8. The van der Waals surface area contributed by atoms with Crippen LogP contribution in [-0.4, -0.2) is 39.4 Å². The fourth-order valence-electron chi connectivity index (χ4n) is 2.28. The first-order valence-corrected chi connectivity index (χ1v) is 7.03. The highest BCUT2D eigenvalue weighted by molar-refractivity contribution is 5.92. The number of ether oxygens (including phenoxy) is 3. The van der Waals surface area contributed by atoms with Crippen LogP contribution in [0.5, 0.6) is 11.5 Å². The molecule has 0 aromatic heterocycles. The Morgan fingerprint density at radius 1 is 1.38 bits per heavy atom. The molecule has 1 N–H and O–H groups in total. The molecule has 0 unspecified atom stereocenters. The van der Waals surface area contributed by atoms with Gasteiger partial charge in [-0.3, -0.25) is 4.79 Å². The second kappa shape index (κ2) is 7.69. The minimum absolute atomic E-state index is 0.142. The number of hydrogen-bond donors (Lipinski definition) is 1. The molecule has 1 atom stereocenters. The average Bonchev–Trinajstić information content (AvgIpc) is 3.03. The largest absolute Gasteiger partial charge is 0.496 e. The quantitative estimate of drug-likeness (QED) is 0.815. The first kappa shape index (κ1) is 15.4. The van der Waals surface area contributed by atoms with Crippen LogP contribution < -0.4 is 14.8 Å². The van der Waals surface area contributed by atoms with E-state index in [0.29, 0.717) is 18.0 Å². The van der Waals surface area contributed by atoms with Crippen LogP contribution in [0.2, 0.25) is 0 Å². The van der Waals surface area contributed by atoms with Crippen molar-refractivity contribution in [1.82, 2.24) is 5.32 Å². The lowest BCUT2D eigenvalue weighted by Crippen LogP contribution is -2.30. The predicted molar refractivity (Wildman–Crippen MR) is 80.6 cm³/mol. The van der Waals surface area contributed by atoms with Crippen molar-refractivity contribution >= 4 is 12.0 Å². The lowest BCUT2D eigenvalue weighted by Gasteiger charge is -2.10. The molecule has 1 amide bonds. The van der Waals surface area contributed by atoms with Crippen LogP contribution in [0, 0.1) is 0 Å². The normalized spacial score (nSPS) is 17.9. The van der Waals surface area contributed by atoms with Gasteiger partial charge in [-0.2, -0.15) is 0 Å². The van der Waals surface area contributed by atoms with Crippen molar-refractivity contribution in [3.63, 3.8) is 0 Å². The number of benzene rings is 1. The number of amides is 1. The fraction of sp³-hybridized carbons (Fsp3) is 0.438. The van der Waals surface area contributed by atoms with Gasteiger partial charge < -0.3 is 19.5 Å². The molecule has 0 bridgehead atoms. The predicted octanol–water partition coefficient (Wildman–Crippen LogP) is 2.01. The van der Waals surface area contributed by atoms with Gasteiger partial charge in [0.1, 0.15) is 11.5 Å². The zero-order valence-corrected chi connectivity index (χ0v) is 12.4. The van der Waals surface area contributed by atoms with E-state index in [0.717, 1.165) is 25.0 Å². The summed E-state index contributed by atoms with van der Waals surface area (Å²) >= 11 is 0. The Balaban J connectivity index is 1.97. The summed E-state index contributed by atoms with van der Waals surface area (Å²) in [4.78, 5) is 11.8. The van der Waals surface area contributed by atoms with E-state index in [1.165, 1.54) is 6.08 Å². The van der Waals surface area contributed by atoms with E-state index >= 15 is 0 Å². The van der Waals surface area contributed by atoms with E-state index < -0.39 is 0 Å². The molecule has 1 saturated heterocycles. The molecular formula is C16H21NO4. The van der Waals surface area contributed by atoms with E-state index in [1.54, 1.807) is 20.3 Å². The van der Waals surface area contributed by atoms with Gasteiger partial charge in [-0.1, -0.05) is 6.07 Å². The first-order chi connectivity index (χ1) is 10.2. The van der Waals surface area contributed by atoms with E-state index in [4.69, 9.17) is 14.2 Å². The van der Waals surface area contributed by atoms with Crippen molar-refractivity contribution in [3.8, 4) is 11.5 Å². The monoisotopic (exact) mass is 291 g/mol. The lowest BCUT2D eigenvalue weighted by atomic mass is 10.1. The molecule has 1 aromatic rings. The zero-order chi connectivity index (χ0) is 15.1. The first-order valence-electron chi connectivity index (χ1n) is 7.03. The Morgan fingerprint density at radius 3 is 2.67 bits per heavy atom. The van der Waals surface area contributed by atoms with Gasteiger partial charge in [0.25, 0.3) is 0 Å². The Morgan fingerprint density at radius 2 is 2.10 bits per heavy atom. The van der Waals surface area contributed by atoms with Crippen LogP contribution in [0.1, 0.15) is 18.4 Å². The lowest BCUT2D eigenvalue weighted by molar-refractivity contribution is -0.116. The Labute approximate surface area is 124 Å². The number of hydrogen-bond acceptors (Lipinski definition) is 4. The summed E-state index contributed by atoms with van der Waals surface area (Å²) in [5.74, 6) is 1.17. The smallest absolute Gasteiger partial charge is 0.244 e. The summed E-state index contributed by atoms with van der Waals surface area (Å²) < 4.78 is 16.0. The minimum atomic E-state index is -0.154. The number of carbonyl (C=O) groups excluding carboxylic acids is 1. The van der Waals surface area contributed by atoms with Crippen LogP contribution in [0.25, 0.3) is 6.08 Å². The second-order valence-corrected chi connectivity index (χ2v) is 4.79. The molecular weight excluding hydrogens is 270 g/mol. The number of rotatable bonds is 6. The summed E-state index contributed by atoms with van der Waals surface area (Å²) in [5, 5.41) is 2.84. The molecule has 1 heterocycles. The molecule has 0 saturated carbocycles. The third-order valence-electron chi connectivity index (χ3n) is 3.40. The van der Waals surface area contributed by atoms with Gasteiger partial charge in [0.15, 0.2) is 0 Å². The molecule has 2 rings (SSSR count). The minimum Gasteiger partial charge on any atom is -0.496 e. The van der Waals surface area contributed by atoms with Crippen LogP contribution in [0.3, 0.4) is 0 Å². The van der Waals surface area contributed by atoms with Gasteiger partial charge in [0.2, 0.25) is 5.91 Å². The fourth-order valence-corrected chi connectivity index (χ4v) is 2.28. The Kier molecular flexibility index (Phi) is 5.63. The highest BCUT2D eigenvalue weighted by Gasteiger charge is 2.15. The summed E-state index contributed by atoms with van der Waals surface area (Å²) in [6.07, 6.45) is 5.39. The van der Waals surface area contributed by atoms with Crippen LogP contribution in [-0.2, 0) is 9.53 Å². The zero-order valence-electron chi connectivity index (χ0n) is 12.4. The molecule has 1 aromatic carbocycles. The SMILES string of the molecule is COc1cccc(OC)c1/C=C/C(=O)NC[C@@H]1CCCO1. The summed E-state index contributed by atoms with van der Waals surface area (Å²) in [6.45, 7) is 1.33. The van der Waals surface area contributed by atoms with Gasteiger partial charge in [-0.15, -0.1) is 0 Å². The molecule has 0 radical (unpaired) electrons. The average molecular weight is 291 g/mol. The summed E-state index contributed by atoms with van der Waals surface area (Å²) in [6, 6.07) is 5.49. The number of nitrogens with one attached hydrogen (secondary N) is 1. The maximum atomic E-state index is 11.8. The summed E-state index contributed by atoms with van der Waals surface area (Å²) in [5.41, 5.74) is 0.745. The van der Waals surface area contributed by atoms with Crippen molar-refractivity contribution in [3.05, 3.63) is 29.8 Å².